The summed E-state index contributed by atoms with van der Waals surface area (Å²) in [4.78, 5) is 18.7. The molecule has 0 aromatic carbocycles. The van der Waals surface area contributed by atoms with Crippen LogP contribution in [0.2, 0.25) is 0 Å². The van der Waals surface area contributed by atoms with Crippen LogP contribution in [-0.2, 0) is 0 Å². The summed E-state index contributed by atoms with van der Waals surface area (Å²) in [5, 5.41) is 7.96. The highest BCUT2D eigenvalue weighted by Crippen LogP contribution is 2.18. The molecule has 1 fully saturated rings. The number of amides is 1. The summed E-state index contributed by atoms with van der Waals surface area (Å²) in [6, 6.07) is 7.64. The van der Waals surface area contributed by atoms with Crippen LogP contribution >= 0.6 is 11.3 Å². The maximum Gasteiger partial charge on any atom is 0.264 e. The Balaban J connectivity index is 1.40. The summed E-state index contributed by atoms with van der Waals surface area (Å²) in [6.07, 6.45) is 0. The largest absolute Gasteiger partial charge is 0.475 e. The summed E-state index contributed by atoms with van der Waals surface area (Å²) in [5.41, 5.74) is 0.879. The third-order valence-corrected chi connectivity index (χ3v) is 5.03. The van der Waals surface area contributed by atoms with Gasteiger partial charge in [-0.2, -0.15) is 5.10 Å². The molecular formula is C17H22N4O2S. The molecule has 3 rings (SSSR count). The van der Waals surface area contributed by atoms with E-state index in [0.29, 0.717) is 12.5 Å². The highest BCUT2D eigenvalue weighted by Gasteiger charge is 2.22. The minimum Gasteiger partial charge on any atom is -0.475 e. The van der Waals surface area contributed by atoms with E-state index < -0.39 is 0 Å². The fraction of sp³-hybridized carbons (Fsp3) is 0.471. The molecule has 1 amide bonds. The number of nitrogens with zero attached hydrogens (tertiary/aromatic N) is 4. The molecule has 6 nitrogen and oxygen atoms in total. The van der Waals surface area contributed by atoms with E-state index in [4.69, 9.17) is 4.74 Å². The van der Waals surface area contributed by atoms with Gasteiger partial charge in [-0.15, -0.1) is 16.4 Å². The van der Waals surface area contributed by atoms with Crippen molar-refractivity contribution in [1.82, 2.24) is 20.0 Å². The molecule has 1 aliphatic rings. The number of rotatable bonds is 5. The van der Waals surface area contributed by atoms with Crippen LogP contribution in [0, 0.1) is 13.8 Å². The number of ether oxygens (including phenoxy) is 1. The highest BCUT2D eigenvalue weighted by atomic mass is 32.1. The lowest BCUT2D eigenvalue weighted by Gasteiger charge is -2.34. The zero-order chi connectivity index (χ0) is 16.9. The Morgan fingerprint density at radius 2 is 1.92 bits per heavy atom. The van der Waals surface area contributed by atoms with Crippen molar-refractivity contribution in [2.45, 2.75) is 13.8 Å². The SMILES string of the molecule is Cc1ccc(OCCN2CCN(C(=O)c3ccc(C)s3)CC2)nn1. The van der Waals surface area contributed by atoms with Gasteiger partial charge in [0.2, 0.25) is 5.88 Å². The second-order valence-electron chi connectivity index (χ2n) is 5.91. The Morgan fingerprint density at radius 1 is 1.12 bits per heavy atom. The maximum atomic E-state index is 12.4. The van der Waals surface area contributed by atoms with Gasteiger partial charge < -0.3 is 9.64 Å². The molecular weight excluding hydrogens is 324 g/mol. The van der Waals surface area contributed by atoms with Gasteiger partial charge in [0.25, 0.3) is 5.91 Å². The number of piperazine rings is 1. The summed E-state index contributed by atoms with van der Waals surface area (Å²) in [5.74, 6) is 0.710. The van der Waals surface area contributed by atoms with E-state index in [1.807, 2.05) is 43.0 Å². The van der Waals surface area contributed by atoms with Gasteiger partial charge in [-0.3, -0.25) is 9.69 Å². The zero-order valence-corrected chi connectivity index (χ0v) is 14.9. The standard InChI is InChI=1S/C17H22N4O2S/c1-13-3-6-16(19-18-13)23-12-11-20-7-9-21(10-8-20)17(22)15-5-4-14(2)24-15/h3-6H,7-12H2,1-2H3. The molecule has 1 aliphatic heterocycles. The Morgan fingerprint density at radius 3 is 2.54 bits per heavy atom. The fourth-order valence-electron chi connectivity index (χ4n) is 2.62. The van der Waals surface area contributed by atoms with Crippen LogP contribution in [-0.4, -0.2) is 65.2 Å². The molecule has 0 saturated carbocycles. The molecule has 24 heavy (non-hydrogen) atoms. The van der Waals surface area contributed by atoms with Gasteiger partial charge in [-0.05, 0) is 32.0 Å². The first-order valence-electron chi connectivity index (χ1n) is 8.13. The summed E-state index contributed by atoms with van der Waals surface area (Å²) in [7, 11) is 0. The fourth-order valence-corrected chi connectivity index (χ4v) is 3.46. The van der Waals surface area contributed by atoms with Crippen LogP contribution < -0.4 is 4.74 Å². The minimum absolute atomic E-state index is 0.152. The predicted octanol–water partition coefficient (Wildman–Crippen LogP) is 1.99. The normalized spacial score (nSPS) is 15.5. The van der Waals surface area contributed by atoms with E-state index in [0.717, 1.165) is 43.3 Å². The molecule has 0 spiro atoms. The van der Waals surface area contributed by atoms with E-state index in [1.165, 1.54) is 4.88 Å². The number of thiophene rings is 1. The smallest absolute Gasteiger partial charge is 0.264 e. The molecule has 0 radical (unpaired) electrons. The predicted molar refractivity (Wildman–Crippen MR) is 93.7 cm³/mol. The van der Waals surface area contributed by atoms with Gasteiger partial charge in [-0.1, -0.05) is 0 Å². The monoisotopic (exact) mass is 346 g/mol. The van der Waals surface area contributed by atoms with Crippen molar-refractivity contribution in [3.63, 3.8) is 0 Å². The zero-order valence-electron chi connectivity index (χ0n) is 14.1. The number of carbonyl (C=O) groups is 1. The Hall–Kier alpha value is -1.99. The van der Waals surface area contributed by atoms with Gasteiger partial charge in [-0.25, -0.2) is 0 Å². The average molecular weight is 346 g/mol. The molecule has 2 aromatic rings. The first-order chi connectivity index (χ1) is 11.6. The topological polar surface area (TPSA) is 58.6 Å². The Bertz CT molecular complexity index is 678. The van der Waals surface area contributed by atoms with E-state index >= 15 is 0 Å². The minimum atomic E-state index is 0.152. The number of hydrogen-bond acceptors (Lipinski definition) is 6. The van der Waals surface area contributed by atoms with E-state index in [1.54, 1.807) is 11.3 Å². The summed E-state index contributed by atoms with van der Waals surface area (Å²) < 4.78 is 5.62. The molecule has 0 aliphatic carbocycles. The molecule has 7 heteroatoms. The van der Waals surface area contributed by atoms with Crippen LogP contribution in [0.15, 0.2) is 24.3 Å². The second-order valence-corrected chi connectivity index (χ2v) is 7.19. The van der Waals surface area contributed by atoms with E-state index in [2.05, 4.69) is 15.1 Å². The van der Waals surface area contributed by atoms with E-state index in [9.17, 15) is 4.79 Å². The Labute approximate surface area is 146 Å². The van der Waals surface area contributed by atoms with Crippen molar-refractivity contribution >= 4 is 17.2 Å². The molecule has 0 N–H and O–H groups in total. The molecule has 0 atom stereocenters. The average Bonchev–Trinajstić information content (AvgIpc) is 3.03. The summed E-state index contributed by atoms with van der Waals surface area (Å²) >= 11 is 1.57. The molecule has 2 aromatic heterocycles. The van der Waals surface area contributed by atoms with Gasteiger partial charge in [0, 0.05) is 43.7 Å². The van der Waals surface area contributed by atoms with Crippen LogP contribution in [0.4, 0.5) is 0 Å². The van der Waals surface area contributed by atoms with Crippen molar-refractivity contribution in [3.05, 3.63) is 39.7 Å². The van der Waals surface area contributed by atoms with Crippen molar-refractivity contribution in [2.75, 3.05) is 39.3 Å². The Kier molecular flexibility index (Phi) is 5.42. The lowest BCUT2D eigenvalue weighted by atomic mass is 10.3. The number of hydrogen-bond donors (Lipinski definition) is 0. The van der Waals surface area contributed by atoms with Gasteiger partial charge >= 0.3 is 0 Å². The first kappa shape index (κ1) is 16.9. The van der Waals surface area contributed by atoms with Crippen LogP contribution in [0.25, 0.3) is 0 Å². The molecule has 0 bridgehead atoms. The molecule has 3 heterocycles. The molecule has 1 saturated heterocycles. The van der Waals surface area contributed by atoms with Crippen LogP contribution in [0.3, 0.4) is 0 Å². The van der Waals surface area contributed by atoms with Gasteiger partial charge in [0.15, 0.2) is 0 Å². The van der Waals surface area contributed by atoms with Gasteiger partial charge in [0.05, 0.1) is 10.6 Å². The van der Waals surface area contributed by atoms with Gasteiger partial charge in [0.1, 0.15) is 6.61 Å². The quantitative estimate of drug-likeness (QED) is 0.829. The van der Waals surface area contributed by atoms with E-state index in [-0.39, 0.29) is 5.91 Å². The van der Waals surface area contributed by atoms with Crippen molar-refractivity contribution < 1.29 is 9.53 Å². The van der Waals surface area contributed by atoms with Crippen molar-refractivity contribution in [3.8, 4) is 5.88 Å². The third kappa shape index (κ3) is 4.30. The number of aryl methyl sites for hydroxylation is 2. The van der Waals surface area contributed by atoms with Crippen molar-refractivity contribution in [2.24, 2.45) is 0 Å². The highest BCUT2D eigenvalue weighted by molar-refractivity contribution is 7.13. The maximum absolute atomic E-state index is 12.4. The van der Waals surface area contributed by atoms with Crippen LogP contribution in [0.5, 0.6) is 5.88 Å². The number of carbonyl (C=O) groups excluding carboxylic acids is 1. The first-order valence-corrected chi connectivity index (χ1v) is 8.94. The lowest BCUT2D eigenvalue weighted by Crippen LogP contribution is -2.49. The van der Waals surface area contributed by atoms with Crippen molar-refractivity contribution in [1.29, 1.82) is 0 Å². The lowest BCUT2D eigenvalue weighted by molar-refractivity contribution is 0.0624. The molecule has 128 valence electrons. The number of aromatic nitrogens is 2. The second kappa shape index (κ2) is 7.72. The summed E-state index contributed by atoms with van der Waals surface area (Å²) in [6.45, 7) is 8.61. The third-order valence-electron chi connectivity index (χ3n) is 4.04. The van der Waals surface area contributed by atoms with Crippen LogP contribution in [0.1, 0.15) is 20.2 Å². The molecule has 0 unspecified atom stereocenters.